The molecule has 2 fully saturated rings. The summed E-state index contributed by atoms with van der Waals surface area (Å²) in [6, 6.07) is 24.6. The maximum absolute atomic E-state index is 13.2. The molecule has 2 aliphatic rings. The number of carbonyl (C=O) groups excluding carboxylic acids is 2. The molecule has 6 nitrogen and oxygen atoms in total. The van der Waals surface area contributed by atoms with Gasteiger partial charge in [0.2, 0.25) is 0 Å². The molecule has 0 unspecified atom stereocenters. The van der Waals surface area contributed by atoms with Gasteiger partial charge >= 0.3 is 12.1 Å². The van der Waals surface area contributed by atoms with Crippen LogP contribution in [0.15, 0.2) is 84.9 Å². The van der Waals surface area contributed by atoms with Gasteiger partial charge in [-0.2, -0.15) is 0 Å². The number of urea groups is 1. The fourth-order valence-electron chi connectivity index (χ4n) is 5.07. The number of hydrogen-bond donors (Lipinski definition) is 1. The molecule has 3 amide bonds. The molecular weight excluding hydrogens is 433 g/mol. The van der Waals surface area contributed by atoms with Crippen molar-refractivity contribution in [2.45, 2.75) is 31.2 Å². The van der Waals surface area contributed by atoms with Gasteiger partial charge in [0.1, 0.15) is 11.9 Å². The third-order valence-electron chi connectivity index (χ3n) is 6.67. The third-order valence-corrected chi connectivity index (χ3v) is 6.67. The molecule has 3 aromatic rings. The van der Waals surface area contributed by atoms with Crippen molar-refractivity contribution in [2.75, 3.05) is 13.1 Å². The van der Waals surface area contributed by atoms with Crippen molar-refractivity contribution < 1.29 is 18.7 Å². The smallest absolute Gasteiger partial charge is 0.411 e. The Morgan fingerprint density at radius 3 is 2.15 bits per heavy atom. The predicted molar refractivity (Wildman–Crippen MR) is 125 cm³/mol. The Balaban J connectivity index is 1.46. The lowest BCUT2D eigenvalue weighted by molar-refractivity contribution is 0.0408. The molecule has 2 atom stereocenters. The van der Waals surface area contributed by atoms with E-state index in [0.29, 0.717) is 13.1 Å². The monoisotopic (exact) mass is 459 g/mol. The SMILES string of the molecule is C[C@H]1CN(C(=O)NCc2ccc(F)cc2)C[C@H]2N1C(=O)OC2(c1ccccc1)c1ccccc1. The Kier molecular flexibility index (Phi) is 5.69. The molecule has 174 valence electrons. The van der Waals surface area contributed by atoms with Crippen molar-refractivity contribution in [1.82, 2.24) is 15.1 Å². The number of amides is 3. The van der Waals surface area contributed by atoms with Crippen molar-refractivity contribution in [3.8, 4) is 0 Å². The van der Waals surface area contributed by atoms with Gasteiger partial charge in [-0.3, -0.25) is 4.90 Å². The lowest BCUT2D eigenvalue weighted by atomic mass is 9.78. The molecule has 0 spiro atoms. The van der Waals surface area contributed by atoms with Crippen molar-refractivity contribution >= 4 is 12.1 Å². The van der Waals surface area contributed by atoms with Crippen LogP contribution >= 0.6 is 0 Å². The summed E-state index contributed by atoms with van der Waals surface area (Å²) in [4.78, 5) is 29.8. The van der Waals surface area contributed by atoms with Gasteiger partial charge in [-0.05, 0) is 24.6 Å². The van der Waals surface area contributed by atoms with Gasteiger partial charge in [0.15, 0.2) is 5.60 Å². The van der Waals surface area contributed by atoms with Crippen molar-refractivity contribution in [1.29, 1.82) is 0 Å². The number of fused-ring (bicyclic) bond motifs is 1. The Bertz CT molecular complexity index is 1130. The maximum atomic E-state index is 13.2. The molecule has 0 aliphatic carbocycles. The first-order valence-corrected chi connectivity index (χ1v) is 11.4. The molecule has 1 N–H and O–H groups in total. The fraction of sp³-hybridized carbons (Fsp3) is 0.259. The van der Waals surface area contributed by atoms with Crippen LogP contribution in [0.3, 0.4) is 0 Å². The third kappa shape index (κ3) is 3.77. The lowest BCUT2D eigenvalue weighted by Crippen LogP contribution is -2.62. The molecule has 2 saturated heterocycles. The first-order chi connectivity index (χ1) is 16.5. The molecule has 7 heteroatoms. The second-order valence-corrected chi connectivity index (χ2v) is 8.80. The molecule has 5 rings (SSSR count). The van der Waals surface area contributed by atoms with E-state index in [4.69, 9.17) is 4.74 Å². The van der Waals surface area contributed by atoms with E-state index in [1.54, 1.807) is 21.9 Å². The average molecular weight is 460 g/mol. The first-order valence-electron chi connectivity index (χ1n) is 11.4. The number of carbonyl (C=O) groups is 2. The summed E-state index contributed by atoms with van der Waals surface area (Å²) in [6.07, 6.45) is -0.378. The molecule has 0 saturated carbocycles. The number of halogens is 1. The Morgan fingerprint density at radius 2 is 1.56 bits per heavy atom. The van der Waals surface area contributed by atoms with Crippen molar-refractivity contribution in [3.63, 3.8) is 0 Å². The molecule has 2 heterocycles. The highest BCUT2D eigenvalue weighted by molar-refractivity contribution is 5.77. The van der Waals surface area contributed by atoms with Gasteiger partial charge in [0.25, 0.3) is 0 Å². The lowest BCUT2D eigenvalue weighted by Gasteiger charge is -2.45. The first kappa shape index (κ1) is 21.9. The summed E-state index contributed by atoms with van der Waals surface area (Å²) in [6.45, 7) is 2.92. The molecule has 0 radical (unpaired) electrons. The number of rotatable bonds is 4. The normalized spacial score (nSPS) is 21.1. The van der Waals surface area contributed by atoms with Gasteiger partial charge in [0, 0.05) is 30.8 Å². The number of nitrogens with one attached hydrogen (secondary N) is 1. The van der Waals surface area contributed by atoms with Gasteiger partial charge in [-0.15, -0.1) is 0 Å². The van der Waals surface area contributed by atoms with Gasteiger partial charge in [-0.25, -0.2) is 14.0 Å². The van der Waals surface area contributed by atoms with Crippen molar-refractivity contribution in [2.24, 2.45) is 0 Å². The number of piperazine rings is 1. The minimum atomic E-state index is -1.04. The number of hydrogen-bond acceptors (Lipinski definition) is 3. The molecule has 34 heavy (non-hydrogen) atoms. The van der Waals surface area contributed by atoms with E-state index in [0.717, 1.165) is 16.7 Å². The molecule has 3 aromatic carbocycles. The number of nitrogens with zero attached hydrogens (tertiary/aromatic N) is 2. The second kappa shape index (κ2) is 8.82. The standard InChI is InChI=1S/C27H26FN3O3/c1-19-17-30(25(32)29-16-20-12-14-23(28)15-13-20)18-24-27(34-26(33)31(19)24,21-8-4-2-5-9-21)22-10-6-3-7-11-22/h2-15,19,24H,16-18H2,1H3,(H,29,32)/t19-,24+/m0/s1. The maximum Gasteiger partial charge on any atom is 0.411 e. The summed E-state index contributed by atoms with van der Waals surface area (Å²) in [7, 11) is 0. The van der Waals surface area contributed by atoms with E-state index < -0.39 is 11.6 Å². The van der Waals surface area contributed by atoms with E-state index in [-0.39, 0.29) is 30.5 Å². The molecule has 2 aliphatic heterocycles. The zero-order valence-electron chi connectivity index (χ0n) is 18.9. The zero-order valence-corrected chi connectivity index (χ0v) is 18.9. The van der Waals surface area contributed by atoms with E-state index in [2.05, 4.69) is 5.32 Å². The van der Waals surface area contributed by atoms with Gasteiger partial charge < -0.3 is 15.0 Å². The average Bonchev–Trinajstić information content (AvgIpc) is 3.18. The number of benzene rings is 3. The highest BCUT2D eigenvalue weighted by atomic mass is 19.1. The van der Waals surface area contributed by atoms with E-state index in [1.807, 2.05) is 67.6 Å². The highest BCUT2D eigenvalue weighted by Crippen LogP contribution is 2.46. The quantitative estimate of drug-likeness (QED) is 0.625. The van der Waals surface area contributed by atoms with Crippen LogP contribution in [0.4, 0.5) is 14.0 Å². The van der Waals surface area contributed by atoms with Crippen LogP contribution in [-0.4, -0.2) is 47.1 Å². The summed E-state index contributed by atoms with van der Waals surface area (Å²) < 4.78 is 19.4. The van der Waals surface area contributed by atoms with Crippen molar-refractivity contribution in [3.05, 3.63) is 107 Å². The Morgan fingerprint density at radius 1 is 0.971 bits per heavy atom. The van der Waals surface area contributed by atoms with Crippen LogP contribution in [0, 0.1) is 5.82 Å². The van der Waals surface area contributed by atoms with E-state index in [1.165, 1.54) is 12.1 Å². The number of cyclic esters (lactones) is 1. The van der Waals surface area contributed by atoms with Crippen LogP contribution in [0.1, 0.15) is 23.6 Å². The van der Waals surface area contributed by atoms with Crippen LogP contribution < -0.4 is 5.32 Å². The topological polar surface area (TPSA) is 61.9 Å². The molecule has 0 aromatic heterocycles. The predicted octanol–water partition coefficient (Wildman–Crippen LogP) is 4.50. The minimum Gasteiger partial charge on any atom is -0.431 e. The van der Waals surface area contributed by atoms with Crippen LogP contribution in [0.25, 0.3) is 0 Å². The fourth-order valence-corrected chi connectivity index (χ4v) is 5.07. The summed E-state index contributed by atoms with van der Waals surface area (Å²) in [5.41, 5.74) is 1.50. The Labute approximate surface area is 197 Å². The van der Waals surface area contributed by atoms with Crippen LogP contribution in [0.5, 0.6) is 0 Å². The van der Waals surface area contributed by atoms with Crippen LogP contribution in [-0.2, 0) is 16.9 Å². The van der Waals surface area contributed by atoms with E-state index in [9.17, 15) is 14.0 Å². The van der Waals surface area contributed by atoms with Gasteiger partial charge in [0.05, 0.1) is 6.04 Å². The molecule has 0 bridgehead atoms. The number of ether oxygens (including phenoxy) is 1. The minimum absolute atomic E-state index is 0.225. The zero-order chi connectivity index (χ0) is 23.7. The Hall–Kier alpha value is -3.87. The summed E-state index contributed by atoms with van der Waals surface area (Å²) in [5.74, 6) is -0.316. The second-order valence-electron chi connectivity index (χ2n) is 8.80. The van der Waals surface area contributed by atoms with Gasteiger partial charge in [-0.1, -0.05) is 72.8 Å². The highest BCUT2D eigenvalue weighted by Gasteiger charge is 2.59. The van der Waals surface area contributed by atoms with Crippen LogP contribution in [0.2, 0.25) is 0 Å². The largest absolute Gasteiger partial charge is 0.431 e. The molecular formula is C27H26FN3O3. The van der Waals surface area contributed by atoms with E-state index >= 15 is 0 Å². The summed E-state index contributed by atoms with van der Waals surface area (Å²) >= 11 is 0. The summed E-state index contributed by atoms with van der Waals surface area (Å²) in [5, 5.41) is 2.93.